The van der Waals surface area contributed by atoms with Gasteiger partial charge in [-0.2, -0.15) is 0 Å². The van der Waals surface area contributed by atoms with Gasteiger partial charge in [0.15, 0.2) is 0 Å². The van der Waals surface area contributed by atoms with E-state index in [1.54, 1.807) is 0 Å². The highest BCUT2D eigenvalue weighted by Crippen LogP contribution is 2.51. The molecule has 2 aliphatic rings. The summed E-state index contributed by atoms with van der Waals surface area (Å²) >= 11 is 0. The maximum absolute atomic E-state index is 12.4. The number of aryl methyl sites for hydroxylation is 1. The van der Waals surface area contributed by atoms with Crippen LogP contribution in [0.3, 0.4) is 0 Å². The summed E-state index contributed by atoms with van der Waals surface area (Å²) in [6, 6.07) is 6.05. The smallest absolute Gasteiger partial charge is 0.320 e. The number of esters is 1. The minimum atomic E-state index is -0.656. The summed E-state index contributed by atoms with van der Waals surface area (Å²) in [6.45, 7) is 4.09. The molecular weight excluding hydrogens is 240 g/mol. The lowest BCUT2D eigenvalue weighted by Crippen LogP contribution is -2.47. The van der Waals surface area contributed by atoms with Crippen LogP contribution in [0.15, 0.2) is 29.8 Å². The van der Waals surface area contributed by atoms with Gasteiger partial charge >= 0.3 is 5.97 Å². The molecule has 0 saturated carbocycles. The van der Waals surface area contributed by atoms with Crippen LogP contribution >= 0.6 is 0 Å². The summed E-state index contributed by atoms with van der Waals surface area (Å²) < 4.78 is 11.1. The first-order chi connectivity index (χ1) is 9.07. The number of ether oxygens (including phenoxy) is 2. The third-order valence-corrected chi connectivity index (χ3v) is 4.22. The first kappa shape index (κ1) is 12.3. The van der Waals surface area contributed by atoms with Gasteiger partial charge in [0.1, 0.15) is 17.3 Å². The molecule has 3 nitrogen and oxygen atoms in total. The average Bonchev–Trinajstić information content (AvgIpc) is 2.71. The van der Waals surface area contributed by atoms with Crippen molar-refractivity contribution in [1.29, 1.82) is 0 Å². The molecule has 1 aromatic rings. The molecule has 3 heteroatoms. The van der Waals surface area contributed by atoms with E-state index >= 15 is 0 Å². The molecule has 2 unspecified atom stereocenters. The third-order valence-electron chi connectivity index (χ3n) is 4.22. The standard InChI is InChI=1S/C16H18O3/c1-10-4-6-12-13(8-10)19-14-7-5-11(2)9-16(12,14)15(17)18-3/h4-6,8,14H,7,9H2,1-3H3. The normalized spacial score (nSPS) is 27.9. The average molecular weight is 258 g/mol. The minimum absolute atomic E-state index is 0.138. The first-order valence-corrected chi connectivity index (χ1v) is 6.60. The zero-order valence-corrected chi connectivity index (χ0v) is 11.5. The van der Waals surface area contributed by atoms with E-state index in [9.17, 15) is 4.79 Å². The van der Waals surface area contributed by atoms with Crippen molar-refractivity contribution < 1.29 is 14.3 Å². The second kappa shape index (κ2) is 4.12. The van der Waals surface area contributed by atoms with E-state index in [4.69, 9.17) is 9.47 Å². The monoisotopic (exact) mass is 258 g/mol. The van der Waals surface area contributed by atoms with Gasteiger partial charge in [-0.15, -0.1) is 0 Å². The predicted molar refractivity (Wildman–Crippen MR) is 72.3 cm³/mol. The third kappa shape index (κ3) is 1.61. The molecule has 0 aromatic heterocycles. The van der Waals surface area contributed by atoms with Gasteiger partial charge in [-0.05, 0) is 31.9 Å². The second-order valence-electron chi connectivity index (χ2n) is 5.53. The number of allylic oxidation sites excluding steroid dienone is 1. The van der Waals surface area contributed by atoms with Crippen molar-refractivity contribution in [3.05, 3.63) is 41.0 Å². The van der Waals surface area contributed by atoms with Crippen LogP contribution in [0.2, 0.25) is 0 Å². The van der Waals surface area contributed by atoms with Crippen molar-refractivity contribution in [1.82, 2.24) is 0 Å². The Hall–Kier alpha value is -1.77. The number of carbonyl (C=O) groups is 1. The fourth-order valence-electron chi connectivity index (χ4n) is 3.30. The molecule has 0 N–H and O–H groups in total. The van der Waals surface area contributed by atoms with E-state index in [-0.39, 0.29) is 12.1 Å². The maximum Gasteiger partial charge on any atom is 0.320 e. The van der Waals surface area contributed by atoms with Gasteiger partial charge < -0.3 is 9.47 Å². The number of fused-ring (bicyclic) bond motifs is 3. The maximum atomic E-state index is 12.4. The molecule has 1 heterocycles. The van der Waals surface area contributed by atoms with Crippen LogP contribution < -0.4 is 4.74 Å². The zero-order chi connectivity index (χ0) is 13.6. The van der Waals surface area contributed by atoms with Crippen LogP contribution in [0.1, 0.15) is 30.9 Å². The number of benzene rings is 1. The summed E-state index contributed by atoms with van der Waals surface area (Å²) in [6.07, 6.45) is 3.46. The molecule has 0 fully saturated rings. The molecule has 0 amide bonds. The molecule has 1 aromatic carbocycles. The highest BCUT2D eigenvalue weighted by atomic mass is 16.5. The molecule has 3 rings (SSSR count). The van der Waals surface area contributed by atoms with E-state index in [0.717, 1.165) is 23.3 Å². The Kier molecular flexibility index (Phi) is 2.66. The SMILES string of the molecule is COC(=O)C12CC(C)=CCC1Oc1cc(C)ccc12. The van der Waals surface area contributed by atoms with E-state index in [1.165, 1.54) is 12.7 Å². The van der Waals surface area contributed by atoms with Crippen LogP contribution in [-0.2, 0) is 14.9 Å². The molecule has 2 atom stereocenters. The molecule has 100 valence electrons. The van der Waals surface area contributed by atoms with Gasteiger partial charge in [0.25, 0.3) is 0 Å². The summed E-state index contributed by atoms with van der Waals surface area (Å²) in [5.41, 5.74) is 2.68. The number of hydrogen-bond donors (Lipinski definition) is 0. The summed E-state index contributed by atoms with van der Waals surface area (Å²) in [5.74, 6) is 0.644. The summed E-state index contributed by atoms with van der Waals surface area (Å²) in [5, 5.41) is 0. The molecule has 0 bridgehead atoms. The number of carbonyl (C=O) groups excluding carboxylic acids is 1. The molecule has 0 saturated heterocycles. The Morgan fingerprint density at radius 1 is 1.42 bits per heavy atom. The molecule has 0 spiro atoms. The van der Waals surface area contributed by atoms with E-state index < -0.39 is 5.41 Å². The van der Waals surface area contributed by atoms with Crippen molar-refractivity contribution in [3.63, 3.8) is 0 Å². The van der Waals surface area contributed by atoms with Gasteiger partial charge in [0.05, 0.1) is 7.11 Å². The van der Waals surface area contributed by atoms with Crippen molar-refractivity contribution in [3.8, 4) is 5.75 Å². The molecule has 19 heavy (non-hydrogen) atoms. The summed E-state index contributed by atoms with van der Waals surface area (Å²) in [4.78, 5) is 12.4. The van der Waals surface area contributed by atoms with E-state index in [2.05, 4.69) is 13.0 Å². The van der Waals surface area contributed by atoms with Crippen molar-refractivity contribution in [2.24, 2.45) is 0 Å². The highest BCUT2D eigenvalue weighted by Gasteiger charge is 2.56. The van der Waals surface area contributed by atoms with Crippen molar-refractivity contribution in [2.75, 3.05) is 7.11 Å². The number of hydrogen-bond acceptors (Lipinski definition) is 3. The Morgan fingerprint density at radius 2 is 2.21 bits per heavy atom. The fraction of sp³-hybridized carbons (Fsp3) is 0.438. The van der Waals surface area contributed by atoms with Crippen molar-refractivity contribution >= 4 is 5.97 Å². The van der Waals surface area contributed by atoms with Gasteiger partial charge in [0.2, 0.25) is 0 Å². The Balaban J connectivity index is 2.18. The van der Waals surface area contributed by atoms with Crippen LogP contribution in [-0.4, -0.2) is 19.2 Å². The predicted octanol–water partition coefficient (Wildman–Crippen LogP) is 2.91. The van der Waals surface area contributed by atoms with Gasteiger partial charge in [-0.1, -0.05) is 23.8 Å². The van der Waals surface area contributed by atoms with Crippen LogP contribution in [0.25, 0.3) is 0 Å². The topological polar surface area (TPSA) is 35.5 Å². The van der Waals surface area contributed by atoms with E-state index in [1.807, 2.05) is 25.1 Å². The zero-order valence-electron chi connectivity index (χ0n) is 11.5. The number of rotatable bonds is 1. The minimum Gasteiger partial charge on any atom is -0.488 e. The Bertz CT molecular complexity index is 573. The van der Waals surface area contributed by atoms with Gasteiger partial charge in [0, 0.05) is 12.0 Å². The largest absolute Gasteiger partial charge is 0.488 e. The molecule has 1 aliphatic heterocycles. The molecule has 0 radical (unpaired) electrons. The number of methoxy groups -OCH3 is 1. The molecular formula is C16H18O3. The first-order valence-electron chi connectivity index (χ1n) is 6.60. The quantitative estimate of drug-likeness (QED) is 0.574. The lowest BCUT2D eigenvalue weighted by molar-refractivity contribution is -0.150. The molecule has 1 aliphatic carbocycles. The van der Waals surface area contributed by atoms with Crippen molar-refractivity contribution in [2.45, 2.75) is 38.2 Å². The Labute approximate surface area is 113 Å². The Morgan fingerprint density at radius 3 is 2.95 bits per heavy atom. The second-order valence-corrected chi connectivity index (χ2v) is 5.53. The van der Waals surface area contributed by atoms with Gasteiger partial charge in [-0.3, -0.25) is 4.79 Å². The van der Waals surface area contributed by atoms with Crippen LogP contribution in [0.4, 0.5) is 0 Å². The fourth-order valence-corrected chi connectivity index (χ4v) is 3.30. The van der Waals surface area contributed by atoms with E-state index in [0.29, 0.717) is 6.42 Å². The highest BCUT2D eigenvalue weighted by molar-refractivity contribution is 5.87. The lowest BCUT2D eigenvalue weighted by Gasteiger charge is -2.34. The lowest BCUT2D eigenvalue weighted by atomic mass is 9.69. The van der Waals surface area contributed by atoms with Crippen LogP contribution in [0.5, 0.6) is 5.75 Å². The van der Waals surface area contributed by atoms with Crippen LogP contribution in [0, 0.1) is 6.92 Å². The van der Waals surface area contributed by atoms with Gasteiger partial charge in [-0.25, -0.2) is 0 Å². The summed E-state index contributed by atoms with van der Waals surface area (Å²) in [7, 11) is 1.45.